The molecular weight excluding hydrogens is 274 g/mol. The van der Waals surface area contributed by atoms with Gasteiger partial charge in [0.2, 0.25) is 5.91 Å². The lowest BCUT2D eigenvalue weighted by molar-refractivity contribution is -0.130. The Kier molecular flexibility index (Phi) is 4.79. The minimum absolute atomic E-state index is 0.0815. The van der Waals surface area contributed by atoms with E-state index in [4.69, 9.17) is 11.6 Å². The van der Waals surface area contributed by atoms with Crippen LogP contribution in [0.15, 0.2) is 36.7 Å². The molecule has 0 bridgehead atoms. The second-order valence-corrected chi connectivity index (χ2v) is 5.28. The third kappa shape index (κ3) is 3.84. The molecule has 1 heterocycles. The maximum Gasteiger partial charge on any atom is 0.224 e. The second kappa shape index (κ2) is 6.57. The first-order valence-corrected chi connectivity index (χ1v) is 6.90. The van der Waals surface area contributed by atoms with Gasteiger partial charge in [-0.2, -0.15) is 5.10 Å². The molecule has 1 aromatic heterocycles. The van der Waals surface area contributed by atoms with Gasteiger partial charge in [-0.25, -0.2) is 0 Å². The van der Waals surface area contributed by atoms with Crippen LogP contribution in [-0.4, -0.2) is 27.6 Å². The lowest BCUT2D eigenvalue weighted by Crippen LogP contribution is -2.27. The van der Waals surface area contributed by atoms with Crippen LogP contribution >= 0.6 is 11.6 Å². The average molecular weight is 292 g/mol. The van der Waals surface area contributed by atoms with Crippen molar-refractivity contribution >= 4 is 17.5 Å². The van der Waals surface area contributed by atoms with Gasteiger partial charge < -0.3 is 4.90 Å². The second-order valence-electron chi connectivity index (χ2n) is 4.87. The average Bonchev–Trinajstić information content (AvgIpc) is 2.84. The van der Waals surface area contributed by atoms with Crippen LogP contribution in [0, 0.1) is 6.92 Å². The van der Waals surface area contributed by atoms with Crippen molar-refractivity contribution in [2.45, 2.75) is 26.4 Å². The molecule has 0 saturated carbocycles. The predicted molar refractivity (Wildman–Crippen MR) is 79.5 cm³/mol. The Morgan fingerprint density at radius 2 is 2.15 bits per heavy atom. The Hall–Kier alpha value is -1.81. The molecule has 0 unspecified atom stereocenters. The van der Waals surface area contributed by atoms with E-state index in [0.717, 1.165) is 11.1 Å². The Morgan fingerprint density at radius 1 is 1.40 bits per heavy atom. The van der Waals surface area contributed by atoms with E-state index in [1.165, 1.54) is 0 Å². The molecule has 0 spiro atoms. The van der Waals surface area contributed by atoms with Gasteiger partial charge in [0.05, 0.1) is 6.20 Å². The fourth-order valence-corrected chi connectivity index (χ4v) is 2.16. The third-order valence-electron chi connectivity index (χ3n) is 3.11. The molecule has 20 heavy (non-hydrogen) atoms. The summed E-state index contributed by atoms with van der Waals surface area (Å²) in [5.74, 6) is 0.0815. The SMILES string of the molecule is Cc1cnn(CCC(=O)N(C)Cc2ccccc2Cl)c1. The van der Waals surface area contributed by atoms with Gasteiger partial charge in [-0.1, -0.05) is 29.8 Å². The van der Waals surface area contributed by atoms with E-state index in [2.05, 4.69) is 5.10 Å². The summed E-state index contributed by atoms with van der Waals surface area (Å²) in [6, 6.07) is 7.57. The number of hydrogen-bond acceptors (Lipinski definition) is 2. The number of aromatic nitrogens is 2. The van der Waals surface area contributed by atoms with Crippen LogP contribution in [0.2, 0.25) is 5.02 Å². The van der Waals surface area contributed by atoms with Crippen molar-refractivity contribution in [1.82, 2.24) is 14.7 Å². The lowest BCUT2D eigenvalue weighted by Gasteiger charge is -2.18. The molecule has 0 aliphatic heterocycles. The maximum absolute atomic E-state index is 12.1. The molecule has 106 valence electrons. The summed E-state index contributed by atoms with van der Waals surface area (Å²) in [5, 5.41) is 4.86. The van der Waals surface area contributed by atoms with Crippen LogP contribution in [0.5, 0.6) is 0 Å². The van der Waals surface area contributed by atoms with Crippen LogP contribution in [0.3, 0.4) is 0 Å². The van der Waals surface area contributed by atoms with Gasteiger partial charge in [-0.3, -0.25) is 9.48 Å². The minimum Gasteiger partial charge on any atom is -0.341 e. The van der Waals surface area contributed by atoms with Gasteiger partial charge >= 0.3 is 0 Å². The summed E-state index contributed by atoms with van der Waals surface area (Å²) in [6.07, 6.45) is 4.15. The van der Waals surface area contributed by atoms with E-state index >= 15 is 0 Å². The molecule has 1 amide bonds. The first-order valence-electron chi connectivity index (χ1n) is 6.52. The molecule has 0 aliphatic rings. The molecule has 0 saturated heterocycles. The van der Waals surface area contributed by atoms with Crippen molar-refractivity contribution < 1.29 is 4.79 Å². The Balaban J connectivity index is 1.87. The number of halogens is 1. The Labute approximate surface area is 124 Å². The van der Waals surface area contributed by atoms with E-state index < -0.39 is 0 Å². The van der Waals surface area contributed by atoms with Crippen LogP contribution in [0.4, 0.5) is 0 Å². The fourth-order valence-electron chi connectivity index (χ4n) is 1.96. The quantitative estimate of drug-likeness (QED) is 0.849. The van der Waals surface area contributed by atoms with Gasteiger partial charge in [0.1, 0.15) is 0 Å². The molecular formula is C15H18ClN3O. The number of hydrogen-bond donors (Lipinski definition) is 0. The van der Waals surface area contributed by atoms with Gasteiger partial charge in [0.15, 0.2) is 0 Å². The largest absolute Gasteiger partial charge is 0.341 e. The summed E-state index contributed by atoms with van der Waals surface area (Å²) >= 11 is 6.10. The third-order valence-corrected chi connectivity index (χ3v) is 3.48. The monoisotopic (exact) mass is 291 g/mol. The molecule has 0 fully saturated rings. The normalized spacial score (nSPS) is 10.6. The molecule has 4 nitrogen and oxygen atoms in total. The predicted octanol–water partition coefficient (Wildman–Crippen LogP) is 2.89. The highest BCUT2D eigenvalue weighted by molar-refractivity contribution is 6.31. The topological polar surface area (TPSA) is 38.1 Å². The van der Waals surface area contributed by atoms with Gasteiger partial charge in [-0.05, 0) is 24.1 Å². The van der Waals surface area contributed by atoms with Crippen LogP contribution in [-0.2, 0) is 17.9 Å². The molecule has 2 rings (SSSR count). The summed E-state index contributed by atoms with van der Waals surface area (Å²) in [6.45, 7) is 3.10. The van der Waals surface area contributed by atoms with Crippen molar-refractivity contribution in [2.75, 3.05) is 7.05 Å². The van der Waals surface area contributed by atoms with E-state index in [1.807, 2.05) is 37.4 Å². The van der Waals surface area contributed by atoms with E-state index in [9.17, 15) is 4.79 Å². The van der Waals surface area contributed by atoms with Gasteiger partial charge in [-0.15, -0.1) is 0 Å². The molecule has 0 atom stereocenters. The Morgan fingerprint density at radius 3 is 2.80 bits per heavy atom. The standard InChI is InChI=1S/C15H18ClN3O/c1-12-9-17-19(10-12)8-7-15(20)18(2)11-13-5-3-4-6-14(13)16/h3-6,9-10H,7-8,11H2,1-2H3. The van der Waals surface area contributed by atoms with E-state index in [0.29, 0.717) is 24.5 Å². The summed E-state index contributed by atoms with van der Waals surface area (Å²) in [5.41, 5.74) is 2.06. The van der Waals surface area contributed by atoms with E-state index in [-0.39, 0.29) is 5.91 Å². The van der Waals surface area contributed by atoms with Gasteiger partial charge in [0, 0.05) is 37.8 Å². The number of benzene rings is 1. The molecule has 0 radical (unpaired) electrons. The number of rotatable bonds is 5. The Bertz CT molecular complexity index is 594. The first-order chi connectivity index (χ1) is 9.56. The number of nitrogens with zero attached hydrogens (tertiary/aromatic N) is 3. The number of aryl methyl sites for hydroxylation is 2. The number of carbonyl (C=O) groups excluding carboxylic acids is 1. The molecule has 5 heteroatoms. The highest BCUT2D eigenvalue weighted by atomic mass is 35.5. The summed E-state index contributed by atoms with van der Waals surface area (Å²) in [7, 11) is 1.79. The first kappa shape index (κ1) is 14.6. The van der Waals surface area contributed by atoms with Gasteiger partial charge in [0.25, 0.3) is 0 Å². The smallest absolute Gasteiger partial charge is 0.224 e. The van der Waals surface area contributed by atoms with Crippen molar-refractivity contribution in [2.24, 2.45) is 0 Å². The zero-order valence-electron chi connectivity index (χ0n) is 11.7. The van der Waals surface area contributed by atoms with Crippen LogP contribution < -0.4 is 0 Å². The van der Waals surface area contributed by atoms with Crippen LogP contribution in [0.1, 0.15) is 17.5 Å². The minimum atomic E-state index is 0.0815. The number of amides is 1. The summed E-state index contributed by atoms with van der Waals surface area (Å²) in [4.78, 5) is 13.8. The zero-order valence-corrected chi connectivity index (χ0v) is 12.5. The molecule has 0 aliphatic carbocycles. The number of carbonyl (C=O) groups is 1. The van der Waals surface area contributed by atoms with Crippen molar-refractivity contribution in [1.29, 1.82) is 0 Å². The highest BCUT2D eigenvalue weighted by Gasteiger charge is 2.11. The fraction of sp³-hybridized carbons (Fsp3) is 0.333. The van der Waals surface area contributed by atoms with E-state index in [1.54, 1.807) is 22.8 Å². The molecule has 0 N–H and O–H groups in total. The summed E-state index contributed by atoms with van der Waals surface area (Å²) < 4.78 is 1.79. The van der Waals surface area contributed by atoms with Crippen molar-refractivity contribution in [3.05, 3.63) is 52.8 Å². The maximum atomic E-state index is 12.1. The molecule has 1 aromatic carbocycles. The highest BCUT2D eigenvalue weighted by Crippen LogP contribution is 2.16. The molecule has 2 aromatic rings. The lowest BCUT2D eigenvalue weighted by atomic mass is 10.2. The zero-order chi connectivity index (χ0) is 14.5. The van der Waals surface area contributed by atoms with Crippen LogP contribution in [0.25, 0.3) is 0 Å². The van der Waals surface area contributed by atoms with Crippen molar-refractivity contribution in [3.8, 4) is 0 Å². The van der Waals surface area contributed by atoms with Crippen molar-refractivity contribution in [3.63, 3.8) is 0 Å².